The summed E-state index contributed by atoms with van der Waals surface area (Å²) in [6.45, 7) is 1.38. The molecule has 0 bridgehead atoms. The highest BCUT2D eigenvalue weighted by atomic mass is 35.5. The lowest BCUT2D eigenvalue weighted by Crippen LogP contribution is -2.52. The van der Waals surface area contributed by atoms with E-state index >= 15 is 0 Å². The molecule has 1 aromatic rings. The van der Waals surface area contributed by atoms with Gasteiger partial charge in [0.2, 0.25) is 21.8 Å². The molecule has 0 spiro atoms. The zero-order valence-corrected chi connectivity index (χ0v) is 17.3. The maximum atomic E-state index is 12.7. The molecule has 0 aromatic heterocycles. The number of benzene rings is 1. The molecule has 1 heterocycles. The molecule has 0 atom stereocenters. The molecule has 1 aliphatic rings. The lowest BCUT2D eigenvalue weighted by molar-refractivity contribution is -0.135. The van der Waals surface area contributed by atoms with Crippen molar-refractivity contribution in [1.29, 1.82) is 0 Å². The van der Waals surface area contributed by atoms with Crippen LogP contribution in [0.3, 0.4) is 0 Å². The van der Waals surface area contributed by atoms with Gasteiger partial charge in [-0.25, -0.2) is 8.42 Å². The predicted octanol–water partition coefficient (Wildman–Crippen LogP) is 0.193. The van der Waals surface area contributed by atoms with E-state index in [4.69, 9.17) is 11.6 Å². The molecular weight excluding hydrogens is 392 g/mol. The van der Waals surface area contributed by atoms with Crippen molar-refractivity contribution in [3.63, 3.8) is 0 Å². The third-order valence-electron chi connectivity index (χ3n) is 4.35. The van der Waals surface area contributed by atoms with Crippen LogP contribution in [0.1, 0.15) is 0 Å². The van der Waals surface area contributed by atoms with Gasteiger partial charge in [-0.15, -0.1) is 0 Å². The number of carbonyl (C=O) groups is 2. The molecule has 0 radical (unpaired) electrons. The maximum absolute atomic E-state index is 12.7. The van der Waals surface area contributed by atoms with Crippen LogP contribution in [0.15, 0.2) is 29.2 Å². The Morgan fingerprint density at radius 3 is 2.07 bits per heavy atom. The molecule has 10 heteroatoms. The molecule has 1 aromatic carbocycles. The quantitative estimate of drug-likeness (QED) is 0.661. The van der Waals surface area contributed by atoms with Gasteiger partial charge in [0.05, 0.1) is 18.0 Å². The SMILES string of the molecule is CN(CC(=O)N(C)C)CC(=O)N1CCN(S(=O)(=O)c2ccc(Cl)cc2)CC1. The van der Waals surface area contributed by atoms with Crippen LogP contribution < -0.4 is 0 Å². The Labute approximate surface area is 165 Å². The lowest BCUT2D eigenvalue weighted by atomic mass is 10.3. The Kier molecular flexibility index (Phi) is 7.21. The summed E-state index contributed by atoms with van der Waals surface area (Å²) in [5, 5.41) is 0.473. The number of rotatable bonds is 6. The van der Waals surface area contributed by atoms with Crippen molar-refractivity contribution >= 4 is 33.4 Å². The molecule has 0 unspecified atom stereocenters. The highest BCUT2D eigenvalue weighted by Crippen LogP contribution is 2.19. The van der Waals surface area contributed by atoms with Crippen molar-refractivity contribution in [2.75, 3.05) is 60.4 Å². The normalized spacial score (nSPS) is 15.8. The Morgan fingerprint density at radius 1 is 1.00 bits per heavy atom. The van der Waals surface area contributed by atoms with Crippen molar-refractivity contribution in [2.24, 2.45) is 0 Å². The third kappa shape index (κ3) is 5.65. The van der Waals surface area contributed by atoms with E-state index in [1.807, 2.05) is 0 Å². The second-order valence-corrected chi connectivity index (χ2v) is 9.07. The van der Waals surface area contributed by atoms with Crippen LogP contribution in [0.5, 0.6) is 0 Å². The van der Waals surface area contributed by atoms with Gasteiger partial charge in [0, 0.05) is 45.3 Å². The number of amides is 2. The van der Waals surface area contributed by atoms with Gasteiger partial charge in [-0.3, -0.25) is 14.5 Å². The van der Waals surface area contributed by atoms with Gasteiger partial charge >= 0.3 is 0 Å². The number of hydrogen-bond donors (Lipinski definition) is 0. The maximum Gasteiger partial charge on any atom is 0.243 e. The van der Waals surface area contributed by atoms with Gasteiger partial charge in [0.1, 0.15) is 0 Å². The van der Waals surface area contributed by atoms with Crippen LogP contribution in [-0.4, -0.2) is 99.6 Å². The highest BCUT2D eigenvalue weighted by molar-refractivity contribution is 7.89. The van der Waals surface area contributed by atoms with Crippen molar-refractivity contribution in [1.82, 2.24) is 19.0 Å². The summed E-state index contributed by atoms with van der Waals surface area (Å²) in [6, 6.07) is 6.04. The first-order valence-electron chi connectivity index (χ1n) is 8.53. The van der Waals surface area contributed by atoms with Gasteiger partial charge in [-0.05, 0) is 31.3 Å². The van der Waals surface area contributed by atoms with Gasteiger partial charge in [-0.2, -0.15) is 4.31 Å². The minimum absolute atomic E-state index is 0.0795. The number of hydrogen-bond acceptors (Lipinski definition) is 5. The fraction of sp³-hybridized carbons (Fsp3) is 0.529. The van der Waals surface area contributed by atoms with Gasteiger partial charge < -0.3 is 9.80 Å². The standard InChI is InChI=1S/C17H25ClN4O4S/c1-19(2)16(23)12-20(3)13-17(24)21-8-10-22(11-9-21)27(25,26)15-6-4-14(18)5-7-15/h4-7H,8-13H2,1-3H3. The molecule has 1 saturated heterocycles. The van der Waals surface area contributed by atoms with Crippen LogP contribution in [-0.2, 0) is 19.6 Å². The van der Waals surface area contributed by atoms with E-state index in [9.17, 15) is 18.0 Å². The van der Waals surface area contributed by atoms with E-state index < -0.39 is 10.0 Å². The number of nitrogens with zero attached hydrogens (tertiary/aromatic N) is 4. The van der Waals surface area contributed by atoms with E-state index in [2.05, 4.69) is 0 Å². The van der Waals surface area contributed by atoms with Crippen LogP contribution in [0, 0.1) is 0 Å². The zero-order valence-electron chi connectivity index (χ0n) is 15.8. The van der Waals surface area contributed by atoms with Crippen molar-refractivity contribution in [3.05, 3.63) is 29.3 Å². The minimum Gasteiger partial charge on any atom is -0.348 e. The molecule has 27 heavy (non-hydrogen) atoms. The summed E-state index contributed by atoms with van der Waals surface area (Å²) in [5.74, 6) is -0.197. The van der Waals surface area contributed by atoms with Crippen LogP contribution in [0.4, 0.5) is 0 Å². The third-order valence-corrected chi connectivity index (χ3v) is 6.52. The number of likely N-dealkylation sites (N-methyl/N-ethyl adjacent to an activating group) is 2. The Hall–Kier alpha value is -1.68. The van der Waals surface area contributed by atoms with Gasteiger partial charge in [0.15, 0.2) is 0 Å². The topological polar surface area (TPSA) is 81.2 Å². The summed E-state index contributed by atoms with van der Waals surface area (Å²) in [7, 11) is 1.44. The first-order valence-corrected chi connectivity index (χ1v) is 10.3. The Morgan fingerprint density at radius 2 is 1.56 bits per heavy atom. The molecule has 2 amide bonds. The van der Waals surface area contributed by atoms with E-state index in [0.717, 1.165) is 0 Å². The summed E-state index contributed by atoms with van der Waals surface area (Å²) in [4.78, 5) is 29.0. The fourth-order valence-electron chi connectivity index (χ4n) is 2.69. The molecular formula is C17H25ClN4O4S. The second kappa shape index (κ2) is 9.01. The first kappa shape index (κ1) is 21.6. The first-order chi connectivity index (χ1) is 12.6. The van der Waals surface area contributed by atoms with Crippen molar-refractivity contribution < 1.29 is 18.0 Å². The molecule has 2 rings (SSSR count). The molecule has 0 N–H and O–H groups in total. The summed E-state index contributed by atoms with van der Waals surface area (Å²) in [6.07, 6.45) is 0. The van der Waals surface area contributed by atoms with Crippen molar-refractivity contribution in [3.8, 4) is 0 Å². The molecule has 1 fully saturated rings. The number of piperazine rings is 1. The minimum atomic E-state index is -3.60. The largest absolute Gasteiger partial charge is 0.348 e. The highest BCUT2D eigenvalue weighted by Gasteiger charge is 2.30. The number of halogens is 1. The van der Waals surface area contributed by atoms with Gasteiger partial charge in [0.25, 0.3) is 0 Å². The zero-order chi connectivity index (χ0) is 20.2. The molecule has 8 nitrogen and oxygen atoms in total. The lowest BCUT2D eigenvalue weighted by Gasteiger charge is -2.34. The van der Waals surface area contributed by atoms with E-state index in [1.54, 1.807) is 43.1 Å². The molecule has 1 aliphatic heterocycles. The monoisotopic (exact) mass is 416 g/mol. The number of sulfonamides is 1. The molecule has 0 saturated carbocycles. The predicted molar refractivity (Wildman–Crippen MR) is 103 cm³/mol. The molecule has 0 aliphatic carbocycles. The fourth-order valence-corrected chi connectivity index (χ4v) is 4.24. The molecule has 150 valence electrons. The number of carbonyl (C=O) groups excluding carboxylic acids is 2. The summed E-state index contributed by atoms with van der Waals surface area (Å²) >= 11 is 5.81. The average molecular weight is 417 g/mol. The van der Waals surface area contributed by atoms with Gasteiger partial charge in [-0.1, -0.05) is 11.6 Å². The van der Waals surface area contributed by atoms with Crippen LogP contribution >= 0.6 is 11.6 Å². The van der Waals surface area contributed by atoms with E-state index in [0.29, 0.717) is 18.1 Å². The van der Waals surface area contributed by atoms with E-state index in [1.165, 1.54) is 21.3 Å². The Balaban J connectivity index is 1.90. The second-order valence-electron chi connectivity index (χ2n) is 6.70. The Bertz CT molecular complexity index is 775. The summed E-state index contributed by atoms with van der Waals surface area (Å²) < 4.78 is 26.7. The average Bonchev–Trinajstić information content (AvgIpc) is 2.61. The summed E-state index contributed by atoms with van der Waals surface area (Å²) in [5.41, 5.74) is 0. The van der Waals surface area contributed by atoms with Crippen LogP contribution in [0.25, 0.3) is 0 Å². The van der Waals surface area contributed by atoms with E-state index in [-0.39, 0.29) is 42.9 Å². The smallest absolute Gasteiger partial charge is 0.243 e. The van der Waals surface area contributed by atoms with Crippen LogP contribution in [0.2, 0.25) is 5.02 Å². The van der Waals surface area contributed by atoms with Crippen molar-refractivity contribution in [2.45, 2.75) is 4.90 Å².